The minimum Gasteiger partial charge on any atom is -0.496 e. The van der Waals surface area contributed by atoms with Crippen LogP contribution in [-0.2, 0) is 0 Å². The quantitative estimate of drug-likeness (QED) is 0.757. The van der Waals surface area contributed by atoms with Gasteiger partial charge in [0, 0.05) is 17.8 Å². The van der Waals surface area contributed by atoms with E-state index in [0.29, 0.717) is 29.0 Å². The second kappa shape index (κ2) is 4.04. The third-order valence-corrected chi connectivity index (χ3v) is 2.90. The van der Waals surface area contributed by atoms with Crippen molar-refractivity contribution in [3.8, 4) is 5.75 Å². The summed E-state index contributed by atoms with van der Waals surface area (Å²) in [7, 11) is 1.53. The van der Waals surface area contributed by atoms with E-state index < -0.39 is 0 Å². The lowest BCUT2D eigenvalue weighted by Crippen LogP contribution is -2.26. The lowest BCUT2D eigenvalue weighted by Gasteiger charge is -2.09. The summed E-state index contributed by atoms with van der Waals surface area (Å²) < 4.78 is 5.14. The molecule has 0 radical (unpaired) electrons. The van der Waals surface area contributed by atoms with Crippen LogP contribution in [0.5, 0.6) is 5.75 Å². The van der Waals surface area contributed by atoms with Crippen molar-refractivity contribution in [1.82, 2.24) is 5.32 Å². The van der Waals surface area contributed by atoms with Crippen LogP contribution < -0.4 is 15.8 Å². The van der Waals surface area contributed by atoms with Gasteiger partial charge in [0.25, 0.3) is 5.91 Å². The number of carbonyl (C=O) groups excluding carboxylic acids is 1. The first kappa shape index (κ1) is 10.8. The van der Waals surface area contributed by atoms with Gasteiger partial charge in [0.1, 0.15) is 5.75 Å². The van der Waals surface area contributed by atoms with Crippen molar-refractivity contribution in [2.75, 3.05) is 12.8 Å². The monoisotopic (exact) mass is 220 g/mol. The first-order valence-electron chi connectivity index (χ1n) is 5.36. The maximum absolute atomic E-state index is 11.9. The van der Waals surface area contributed by atoms with Crippen LogP contribution in [0.3, 0.4) is 0 Å². The molecule has 2 rings (SSSR count). The van der Waals surface area contributed by atoms with Crippen molar-refractivity contribution >= 4 is 11.6 Å². The van der Waals surface area contributed by atoms with Crippen molar-refractivity contribution in [3.63, 3.8) is 0 Å². The van der Waals surface area contributed by atoms with Crippen LogP contribution in [0.2, 0.25) is 0 Å². The number of benzene rings is 1. The highest BCUT2D eigenvalue weighted by Gasteiger charge is 2.34. The number of nitrogens with two attached hydrogens (primary N) is 1. The van der Waals surface area contributed by atoms with Crippen LogP contribution >= 0.6 is 0 Å². The molecule has 0 saturated heterocycles. The number of hydrogen-bond acceptors (Lipinski definition) is 3. The number of methoxy groups -OCH3 is 1. The Balaban J connectivity index is 2.15. The molecule has 0 aromatic heterocycles. The molecule has 1 aliphatic rings. The number of nitrogens with one attached hydrogen (secondary N) is 1. The van der Waals surface area contributed by atoms with Crippen LogP contribution in [-0.4, -0.2) is 19.1 Å². The number of carbonyl (C=O) groups is 1. The van der Waals surface area contributed by atoms with E-state index in [0.717, 1.165) is 6.42 Å². The molecule has 1 amide bonds. The predicted molar refractivity (Wildman–Crippen MR) is 62.4 cm³/mol. The van der Waals surface area contributed by atoms with Crippen molar-refractivity contribution < 1.29 is 9.53 Å². The van der Waals surface area contributed by atoms with Gasteiger partial charge in [-0.3, -0.25) is 4.79 Å². The van der Waals surface area contributed by atoms with Crippen LogP contribution in [0.1, 0.15) is 23.7 Å². The maximum atomic E-state index is 11.9. The van der Waals surface area contributed by atoms with Gasteiger partial charge in [-0.25, -0.2) is 0 Å². The number of amides is 1. The van der Waals surface area contributed by atoms with E-state index in [1.807, 2.05) is 0 Å². The minimum atomic E-state index is -0.0915. The van der Waals surface area contributed by atoms with E-state index in [2.05, 4.69) is 12.2 Å². The molecule has 1 aromatic rings. The summed E-state index contributed by atoms with van der Waals surface area (Å²) in [5, 5.41) is 2.95. The van der Waals surface area contributed by atoms with Gasteiger partial charge < -0.3 is 15.8 Å². The van der Waals surface area contributed by atoms with Crippen LogP contribution in [0.15, 0.2) is 18.2 Å². The fourth-order valence-electron chi connectivity index (χ4n) is 1.66. The van der Waals surface area contributed by atoms with Gasteiger partial charge in [0.05, 0.1) is 12.7 Å². The first-order chi connectivity index (χ1) is 7.61. The highest BCUT2D eigenvalue weighted by atomic mass is 16.5. The van der Waals surface area contributed by atoms with Gasteiger partial charge in [-0.1, -0.05) is 6.92 Å². The normalized spacial score (nSPS) is 22.6. The first-order valence-corrected chi connectivity index (χ1v) is 5.36. The molecule has 16 heavy (non-hydrogen) atoms. The average molecular weight is 220 g/mol. The third-order valence-electron chi connectivity index (χ3n) is 2.90. The van der Waals surface area contributed by atoms with E-state index in [1.54, 1.807) is 18.2 Å². The molecule has 1 fully saturated rings. The molecule has 0 heterocycles. The molecular weight excluding hydrogens is 204 g/mol. The van der Waals surface area contributed by atoms with Gasteiger partial charge >= 0.3 is 0 Å². The minimum absolute atomic E-state index is 0.0915. The number of hydrogen-bond donors (Lipinski definition) is 2. The van der Waals surface area contributed by atoms with E-state index in [4.69, 9.17) is 10.5 Å². The molecule has 0 bridgehead atoms. The molecule has 1 saturated carbocycles. The van der Waals surface area contributed by atoms with Crippen molar-refractivity contribution in [1.29, 1.82) is 0 Å². The van der Waals surface area contributed by atoms with Gasteiger partial charge in [-0.2, -0.15) is 0 Å². The molecule has 0 aliphatic heterocycles. The molecule has 1 aliphatic carbocycles. The fraction of sp³-hybridized carbons (Fsp3) is 0.417. The Kier molecular flexibility index (Phi) is 2.73. The molecular formula is C12H16N2O2. The molecule has 3 N–H and O–H groups in total. The van der Waals surface area contributed by atoms with E-state index in [1.165, 1.54) is 7.11 Å². The number of nitrogen functional groups attached to an aromatic ring is 1. The van der Waals surface area contributed by atoms with Crippen LogP contribution in [0.25, 0.3) is 0 Å². The van der Waals surface area contributed by atoms with Gasteiger partial charge in [0.2, 0.25) is 0 Å². The van der Waals surface area contributed by atoms with Gasteiger partial charge in [-0.15, -0.1) is 0 Å². The Labute approximate surface area is 94.8 Å². The average Bonchev–Trinajstić information content (AvgIpc) is 2.93. The zero-order valence-corrected chi connectivity index (χ0v) is 9.49. The third kappa shape index (κ3) is 2.10. The Bertz CT molecular complexity index is 417. The highest BCUT2D eigenvalue weighted by Crippen LogP contribution is 2.30. The maximum Gasteiger partial charge on any atom is 0.255 e. The summed E-state index contributed by atoms with van der Waals surface area (Å²) in [4.78, 5) is 11.9. The zero-order valence-electron chi connectivity index (χ0n) is 9.49. The largest absolute Gasteiger partial charge is 0.496 e. The number of anilines is 1. The second-order valence-electron chi connectivity index (χ2n) is 4.25. The van der Waals surface area contributed by atoms with Crippen LogP contribution in [0, 0.1) is 5.92 Å². The lowest BCUT2D eigenvalue weighted by atomic mass is 10.1. The van der Waals surface area contributed by atoms with Crippen molar-refractivity contribution in [2.24, 2.45) is 5.92 Å². The number of rotatable bonds is 3. The molecule has 86 valence electrons. The van der Waals surface area contributed by atoms with Gasteiger partial charge in [-0.05, 0) is 24.5 Å². The molecule has 4 nitrogen and oxygen atoms in total. The molecule has 1 aromatic carbocycles. The molecule has 4 heteroatoms. The van der Waals surface area contributed by atoms with Crippen molar-refractivity contribution in [2.45, 2.75) is 19.4 Å². The lowest BCUT2D eigenvalue weighted by molar-refractivity contribution is 0.0946. The zero-order chi connectivity index (χ0) is 11.7. The molecule has 2 atom stereocenters. The van der Waals surface area contributed by atoms with Gasteiger partial charge in [0.15, 0.2) is 0 Å². The standard InChI is InChI=1S/C12H16N2O2/c1-7-5-10(7)14-12(15)9-4-3-8(13)6-11(9)16-2/h3-4,6-7,10H,5,13H2,1-2H3,(H,14,15). The smallest absolute Gasteiger partial charge is 0.255 e. The van der Waals surface area contributed by atoms with Crippen LogP contribution in [0.4, 0.5) is 5.69 Å². The Hall–Kier alpha value is -1.71. The summed E-state index contributed by atoms with van der Waals surface area (Å²) in [5.41, 5.74) is 6.76. The Morgan fingerprint density at radius 2 is 2.25 bits per heavy atom. The Morgan fingerprint density at radius 1 is 1.56 bits per heavy atom. The van der Waals surface area contributed by atoms with E-state index in [9.17, 15) is 4.79 Å². The topological polar surface area (TPSA) is 64.3 Å². The summed E-state index contributed by atoms with van der Waals surface area (Å²) in [5.74, 6) is 1.01. The fourth-order valence-corrected chi connectivity index (χ4v) is 1.66. The predicted octanol–water partition coefficient (Wildman–Crippen LogP) is 1.42. The summed E-state index contributed by atoms with van der Waals surface area (Å²) in [6.45, 7) is 2.12. The van der Waals surface area contributed by atoms with E-state index >= 15 is 0 Å². The highest BCUT2D eigenvalue weighted by molar-refractivity contribution is 5.97. The van der Waals surface area contributed by atoms with E-state index in [-0.39, 0.29) is 5.91 Å². The molecule has 2 unspecified atom stereocenters. The summed E-state index contributed by atoms with van der Waals surface area (Å²) >= 11 is 0. The Morgan fingerprint density at radius 3 is 2.81 bits per heavy atom. The van der Waals surface area contributed by atoms with Crippen molar-refractivity contribution in [3.05, 3.63) is 23.8 Å². The second-order valence-corrected chi connectivity index (χ2v) is 4.25. The summed E-state index contributed by atoms with van der Waals surface area (Å²) in [6, 6.07) is 5.37. The summed E-state index contributed by atoms with van der Waals surface area (Å²) in [6.07, 6.45) is 1.06. The number of ether oxygens (including phenoxy) is 1. The molecule has 0 spiro atoms. The SMILES string of the molecule is COc1cc(N)ccc1C(=O)NC1CC1C.